The Labute approximate surface area is 197 Å². The normalized spacial score (nSPS) is 17.9. The van der Waals surface area contributed by atoms with Gasteiger partial charge in [-0.05, 0) is 62.6 Å². The van der Waals surface area contributed by atoms with E-state index in [4.69, 9.17) is 9.47 Å². The fourth-order valence-corrected chi connectivity index (χ4v) is 3.99. The first kappa shape index (κ1) is 24.0. The Morgan fingerprint density at radius 2 is 1.84 bits per heavy atom. The minimum absolute atomic E-state index is 0.0865. The molecular weight excluding hydrogens is 474 g/mol. The number of rotatable bonds is 8. The van der Waals surface area contributed by atoms with Gasteiger partial charge in [0.25, 0.3) is 11.7 Å². The van der Waals surface area contributed by atoms with Crippen LogP contribution in [-0.4, -0.2) is 48.1 Å². The molecule has 32 heavy (non-hydrogen) atoms. The topological polar surface area (TPSA) is 76.1 Å². The summed E-state index contributed by atoms with van der Waals surface area (Å²) in [6.45, 7) is 6.61. The molecular formula is C25H28BrNO5. The van der Waals surface area contributed by atoms with Crippen LogP contribution in [0.3, 0.4) is 0 Å². The molecule has 1 heterocycles. The van der Waals surface area contributed by atoms with Gasteiger partial charge in [-0.25, -0.2) is 0 Å². The number of aliphatic hydroxyl groups excluding tert-OH is 1. The van der Waals surface area contributed by atoms with Crippen LogP contribution in [0.1, 0.15) is 43.0 Å². The van der Waals surface area contributed by atoms with Crippen molar-refractivity contribution in [2.24, 2.45) is 0 Å². The second-order valence-electron chi connectivity index (χ2n) is 8.00. The van der Waals surface area contributed by atoms with Gasteiger partial charge in [0.15, 0.2) is 0 Å². The van der Waals surface area contributed by atoms with E-state index in [0.717, 1.165) is 15.6 Å². The Kier molecular flexibility index (Phi) is 7.74. The molecule has 0 aliphatic carbocycles. The Morgan fingerprint density at radius 1 is 1.16 bits per heavy atom. The van der Waals surface area contributed by atoms with Gasteiger partial charge >= 0.3 is 0 Å². The van der Waals surface area contributed by atoms with E-state index in [1.807, 2.05) is 39.0 Å². The van der Waals surface area contributed by atoms with Crippen molar-refractivity contribution in [1.29, 1.82) is 0 Å². The number of amides is 1. The average Bonchev–Trinajstić information content (AvgIpc) is 3.02. The molecule has 0 bridgehead atoms. The molecule has 1 N–H and O–H groups in total. The van der Waals surface area contributed by atoms with Crippen molar-refractivity contribution in [2.75, 3.05) is 20.3 Å². The zero-order valence-corrected chi connectivity index (χ0v) is 20.3. The van der Waals surface area contributed by atoms with Crippen LogP contribution in [0.15, 0.2) is 52.5 Å². The van der Waals surface area contributed by atoms with Crippen LogP contribution in [0, 0.1) is 6.92 Å². The third-order valence-corrected chi connectivity index (χ3v) is 6.29. The highest BCUT2D eigenvalue weighted by molar-refractivity contribution is 9.10. The summed E-state index contributed by atoms with van der Waals surface area (Å²) in [6, 6.07) is 11.8. The zero-order valence-electron chi connectivity index (χ0n) is 18.7. The van der Waals surface area contributed by atoms with Crippen molar-refractivity contribution in [1.82, 2.24) is 4.90 Å². The highest BCUT2D eigenvalue weighted by Crippen LogP contribution is 2.40. The Hall–Kier alpha value is -2.64. The lowest BCUT2D eigenvalue weighted by Crippen LogP contribution is -2.31. The van der Waals surface area contributed by atoms with Crippen molar-refractivity contribution in [3.8, 4) is 5.75 Å². The third kappa shape index (κ3) is 5.05. The summed E-state index contributed by atoms with van der Waals surface area (Å²) in [7, 11) is 1.58. The minimum atomic E-state index is -0.691. The number of carbonyl (C=O) groups excluding carboxylic acids is 2. The standard InChI is InChI=1S/C25H28BrNO5/c1-15(2)32-13-5-12-27-22(17-6-9-19(31-4)10-7-17)21(24(29)25(27)30)23(28)18-8-11-20(26)16(3)14-18/h6-11,14-15,22,28H,5,12-13H2,1-4H3/b23-21-. The molecule has 1 amide bonds. The molecule has 0 spiro atoms. The van der Waals surface area contributed by atoms with Gasteiger partial charge in [0, 0.05) is 23.2 Å². The summed E-state index contributed by atoms with van der Waals surface area (Å²) in [6.07, 6.45) is 0.665. The Balaban J connectivity index is 2.05. The van der Waals surface area contributed by atoms with Gasteiger partial charge in [0.1, 0.15) is 11.5 Å². The lowest BCUT2D eigenvalue weighted by Gasteiger charge is -2.25. The molecule has 1 fully saturated rings. The fraction of sp³-hybridized carbons (Fsp3) is 0.360. The largest absolute Gasteiger partial charge is 0.507 e. The van der Waals surface area contributed by atoms with E-state index >= 15 is 0 Å². The van der Waals surface area contributed by atoms with Crippen molar-refractivity contribution in [3.63, 3.8) is 0 Å². The van der Waals surface area contributed by atoms with Crippen LogP contribution in [-0.2, 0) is 14.3 Å². The van der Waals surface area contributed by atoms with Crippen LogP contribution in [0.2, 0.25) is 0 Å². The third-order valence-electron chi connectivity index (χ3n) is 5.40. The van der Waals surface area contributed by atoms with Gasteiger partial charge in [-0.15, -0.1) is 0 Å². The van der Waals surface area contributed by atoms with E-state index in [9.17, 15) is 14.7 Å². The smallest absolute Gasteiger partial charge is 0.295 e. The number of ether oxygens (including phenoxy) is 2. The number of hydrogen-bond donors (Lipinski definition) is 1. The quantitative estimate of drug-likeness (QED) is 0.238. The molecule has 1 saturated heterocycles. The monoisotopic (exact) mass is 501 g/mol. The summed E-state index contributed by atoms with van der Waals surface area (Å²) in [4.78, 5) is 27.5. The summed E-state index contributed by atoms with van der Waals surface area (Å²) in [5, 5.41) is 11.1. The number of aryl methyl sites for hydroxylation is 1. The van der Waals surface area contributed by atoms with Crippen molar-refractivity contribution in [3.05, 3.63) is 69.2 Å². The molecule has 1 aliphatic heterocycles. The van der Waals surface area contributed by atoms with E-state index in [1.165, 1.54) is 4.90 Å². The summed E-state index contributed by atoms with van der Waals surface area (Å²) in [5.74, 6) is -0.820. The van der Waals surface area contributed by atoms with Crippen LogP contribution >= 0.6 is 15.9 Å². The van der Waals surface area contributed by atoms with Gasteiger partial charge in [-0.3, -0.25) is 9.59 Å². The van der Waals surface area contributed by atoms with Gasteiger partial charge < -0.3 is 19.5 Å². The number of nitrogens with zero attached hydrogens (tertiary/aromatic N) is 1. The molecule has 3 rings (SSSR count). The fourth-order valence-electron chi connectivity index (χ4n) is 3.74. The van der Waals surface area contributed by atoms with Crippen LogP contribution < -0.4 is 4.74 Å². The molecule has 0 saturated carbocycles. The summed E-state index contributed by atoms with van der Waals surface area (Å²) in [5.41, 5.74) is 2.22. The number of methoxy groups -OCH3 is 1. The van der Waals surface area contributed by atoms with Gasteiger partial charge in [-0.1, -0.05) is 34.1 Å². The number of ketones is 1. The number of aliphatic hydroxyl groups is 1. The maximum atomic E-state index is 13.1. The van der Waals surface area contributed by atoms with E-state index in [1.54, 1.807) is 31.4 Å². The maximum absolute atomic E-state index is 13.1. The second-order valence-corrected chi connectivity index (χ2v) is 8.86. The minimum Gasteiger partial charge on any atom is -0.507 e. The molecule has 170 valence electrons. The molecule has 1 atom stereocenters. The van der Waals surface area contributed by atoms with E-state index in [-0.39, 0.29) is 17.4 Å². The highest BCUT2D eigenvalue weighted by atomic mass is 79.9. The molecule has 1 aliphatic rings. The van der Waals surface area contributed by atoms with E-state index in [2.05, 4.69) is 15.9 Å². The molecule has 0 aromatic heterocycles. The Bertz CT molecular complexity index is 1030. The molecule has 2 aromatic rings. The van der Waals surface area contributed by atoms with Crippen LogP contribution in [0.4, 0.5) is 0 Å². The molecule has 1 unspecified atom stereocenters. The van der Waals surface area contributed by atoms with Gasteiger partial charge in [-0.2, -0.15) is 0 Å². The SMILES string of the molecule is COc1ccc(C2/C(=C(/O)c3ccc(Br)c(C)c3)C(=O)C(=O)N2CCCOC(C)C)cc1. The van der Waals surface area contributed by atoms with E-state index < -0.39 is 17.7 Å². The number of likely N-dealkylation sites (tertiary alicyclic amines) is 1. The first-order chi connectivity index (χ1) is 15.2. The predicted octanol–water partition coefficient (Wildman–Crippen LogP) is 5.00. The summed E-state index contributed by atoms with van der Waals surface area (Å²) >= 11 is 3.45. The molecule has 6 nitrogen and oxygen atoms in total. The predicted molar refractivity (Wildman–Crippen MR) is 127 cm³/mol. The van der Waals surface area contributed by atoms with Crippen LogP contribution in [0.25, 0.3) is 5.76 Å². The number of Topliss-reactive ketones (excluding diaryl/α,β-unsaturated/α-hetero) is 1. The number of carbonyl (C=O) groups is 2. The van der Waals surface area contributed by atoms with Crippen LogP contribution in [0.5, 0.6) is 5.75 Å². The second kappa shape index (κ2) is 10.3. The van der Waals surface area contributed by atoms with E-state index in [0.29, 0.717) is 30.9 Å². The summed E-state index contributed by atoms with van der Waals surface area (Å²) < 4.78 is 11.7. The average molecular weight is 502 g/mol. The maximum Gasteiger partial charge on any atom is 0.295 e. The van der Waals surface area contributed by atoms with Crippen molar-refractivity contribution >= 4 is 33.4 Å². The lowest BCUT2D eigenvalue weighted by atomic mass is 9.95. The van der Waals surface area contributed by atoms with Crippen molar-refractivity contribution in [2.45, 2.75) is 39.3 Å². The lowest BCUT2D eigenvalue weighted by molar-refractivity contribution is -0.140. The molecule has 2 aromatic carbocycles. The number of benzene rings is 2. The highest BCUT2D eigenvalue weighted by Gasteiger charge is 2.45. The first-order valence-corrected chi connectivity index (χ1v) is 11.3. The zero-order chi connectivity index (χ0) is 23.4. The first-order valence-electron chi connectivity index (χ1n) is 10.5. The Morgan fingerprint density at radius 3 is 2.44 bits per heavy atom. The number of halogens is 1. The van der Waals surface area contributed by atoms with Gasteiger partial charge in [0.2, 0.25) is 0 Å². The van der Waals surface area contributed by atoms with Gasteiger partial charge in [0.05, 0.1) is 24.8 Å². The number of hydrogen-bond acceptors (Lipinski definition) is 5. The van der Waals surface area contributed by atoms with Crippen molar-refractivity contribution < 1.29 is 24.2 Å². The molecule has 0 radical (unpaired) electrons. The molecule has 7 heteroatoms.